The van der Waals surface area contributed by atoms with Crippen molar-refractivity contribution in [3.63, 3.8) is 0 Å². The molecule has 1 saturated carbocycles. The zero-order valence-corrected chi connectivity index (χ0v) is 19.1. The Morgan fingerprint density at radius 1 is 1.12 bits per heavy atom. The average Bonchev–Trinajstić information content (AvgIpc) is 3.54. The highest BCUT2D eigenvalue weighted by Crippen LogP contribution is 2.37. The zero-order chi connectivity index (χ0) is 22.1. The number of rotatable bonds is 7. The second kappa shape index (κ2) is 9.08. The van der Waals surface area contributed by atoms with Crippen LogP contribution in [-0.4, -0.2) is 44.7 Å². The van der Waals surface area contributed by atoms with E-state index in [-0.39, 0.29) is 28.8 Å². The Morgan fingerprint density at radius 2 is 1.88 bits per heavy atom. The Hall–Kier alpha value is -2.64. The highest BCUT2D eigenvalue weighted by atomic mass is 32.2. The average molecular weight is 449 g/mol. The lowest BCUT2D eigenvalue weighted by molar-refractivity contribution is -0.120. The molecule has 0 spiro atoms. The summed E-state index contributed by atoms with van der Waals surface area (Å²) in [5, 5.41) is 4.18. The quantitative estimate of drug-likeness (QED) is 0.442. The second-order valence-corrected chi connectivity index (χ2v) is 10.1. The van der Waals surface area contributed by atoms with Gasteiger partial charge in [-0.25, -0.2) is 4.98 Å². The molecule has 1 aliphatic carbocycles. The lowest BCUT2D eigenvalue weighted by atomic mass is 10.2. The largest absolute Gasteiger partial charge is 0.351 e. The van der Waals surface area contributed by atoms with Gasteiger partial charge in [0.15, 0.2) is 5.16 Å². The number of likely N-dealkylation sites (tertiary alicyclic amines) is 1. The van der Waals surface area contributed by atoms with Gasteiger partial charge in [0.25, 0.3) is 5.56 Å². The molecule has 1 aliphatic heterocycles. The lowest BCUT2D eigenvalue weighted by Crippen LogP contribution is -2.41. The van der Waals surface area contributed by atoms with E-state index in [0.29, 0.717) is 16.1 Å². The third kappa shape index (κ3) is 4.59. The predicted octanol–water partition coefficient (Wildman–Crippen LogP) is 3.60. The summed E-state index contributed by atoms with van der Waals surface area (Å²) in [6, 6.07) is 18.2. The van der Waals surface area contributed by atoms with Gasteiger partial charge in [-0.1, -0.05) is 54.2 Å². The van der Waals surface area contributed by atoms with Crippen molar-refractivity contribution in [2.45, 2.75) is 55.2 Å². The number of hydrogen-bond acceptors (Lipinski definition) is 5. The van der Waals surface area contributed by atoms with Crippen molar-refractivity contribution in [1.29, 1.82) is 0 Å². The number of amides is 1. The Bertz CT molecular complexity index is 1180. The van der Waals surface area contributed by atoms with Crippen LogP contribution < -0.4 is 10.9 Å². The van der Waals surface area contributed by atoms with E-state index in [1.54, 1.807) is 4.57 Å². The minimum Gasteiger partial charge on any atom is -0.351 e. The Morgan fingerprint density at radius 3 is 2.66 bits per heavy atom. The summed E-state index contributed by atoms with van der Waals surface area (Å²) >= 11 is 1.39. The second-order valence-electron chi connectivity index (χ2n) is 8.79. The molecule has 1 N–H and O–H groups in total. The molecule has 32 heavy (non-hydrogen) atoms. The Labute approximate surface area is 192 Å². The SMILES string of the molecule is CC(Sc1nc2ccccc2c(=O)n1C1CC1)C(=O)NC1CCN(Cc2ccccc2)C1. The number of hydrogen-bond donors (Lipinski definition) is 1. The fourth-order valence-electron chi connectivity index (χ4n) is 4.33. The number of nitrogens with zero attached hydrogens (tertiary/aromatic N) is 3. The van der Waals surface area contributed by atoms with Crippen LogP contribution in [0.25, 0.3) is 10.9 Å². The van der Waals surface area contributed by atoms with Crippen molar-refractivity contribution >= 4 is 28.6 Å². The number of fused-ring (bicyclic) bond motifs is 1. The van der Waals surface area contributed by atoms with Crippen molar-refractivity contribution in [3.8, 4) is 0 Å². The van der Waals surface area contributed by atoms with E-state index in [1.165, 1.54) is 17.3 Å². The van der Waals surface area contributed by atoms with Crippen LogP contribution in [0.4, 0.5) is 0 Å². The number of benzene rings is 2. The van der Waals surface area contributed by atoms with Gasteiger partial charge in [-0.3, -0.25) is 19.1 Å². The molecule has 2 fully saturated rings. The van der Waals surface area contributed by atoms with Crippen LogP contribution >= 0.6 is 11.8 Å². The number of carbonyl (C=O) groups excluding carboxylic acids is 1. The molecule has 5 rings (SSSR count). The number of nitrogens with one attached hydrogen (secondary N) is 1. The molecule has 6 nitrogen and oxygen atoms in total. The van der Waals surface area contributed by atoms with E-state index in [1.807, 2.05) is 37.3 Å². The van der Waals surface area contributed by atoms with Gasteiger partial charge in [0, 0.05) is 31.7 Å². The summed E-state index contributed by atoms with van der Waals surface area (Å²) < 4.78 is 1.80. The molecular formula is C25H28N4O2S. The predicted molar refractivity (Wildman–Crippen MR) is 128 cm³/mol. The first-order chi connectivity index (χ1) is 15.6. The molecule has 2 aromatic carbocycles. The molecule has 2 aliphatic rings. The van der Waals surface area contributed by atoms with Crippen LogP contribution in [0.3, 0.4) is 0 Å². The van der Waals surface area contributed by atoms with Gasteiger partial charge < -0.3 is 5.32 Å². The molecule has 0 radical (unpaired) electrons. The van der Waals surface area contributed by atoms with Crippen LogP contribution in [0.1, 0.15) is 37.8 Å². The summed E-state index contributed by atoms with van der Waals surface area (Å²) in [5.41, 5.74) is 1.99. The summed E-state index contributed by atoms with van der Waals surface area (Å²) in [6.07, 6.45) is 2.94. The van der Waals surface area contributed by atoms with E-state index in [9.17, 15) is 9.59 Å². The molecule has 3 aromatic rings. The first-order valence-electron chi connectivity index (χ1n) is 11.3. The third-order valence-electron chi connectivity index (χ3n) is 6.21. The minimum atomic E-state index is -0.323. The van der Waals surface area contributed by atoms with Crippen LogP contribution in [-0.2, 0) is 11.3 Å². The van der Waals surface area contributed by atoms with E-state index >= 15 is 0 Å². The van der Waals surface area contributed by atoms with E-state index in [4.69, 9.17) is 4.98 Å². The fourth-order valence-corrected chi connectivity index (χ4v) is 5.32. The smallest absolute Gasteiger partial charge is 0.262 e. The lowest BCUT2D eigenvalue weighted by Gasteiger charge is -2.19. The molecule has 2 atom stereocenters. The monoisotopic (exact) mass is 448 g/mol. The molecule has 7 heteroatoms. The molecule has 1 amide bonds. The van der Waals surface area contributed by atoms with Gasteiger partial charge in [0.05, 0.1) is 16.2 Å². The summed E-state index contributed by atoms with van der Waals surface area (Å²) in [4.78, 5) is 33.1. The van der Waals surface area contributed by atoms with E-state index < -0.39 is 0 Å². The van der Waals surface area contributed by atoms with Gasteiger partial charge in [-0.2, -0.15) is 0 Å². The number of thioether (sulfide) groups is 1. The first kappa shape index (κ1) is 21.2. The molecule has 1 aromatic heterocycles. The first-order valence-corrected chi connectivity index (χ1v) is 12.2. The fraction of sp³-hybridized carbons (Fsp3) is 0.400. The van der Waals surface area contributed by atoms with Crippen molar-refractivity contribution in [2.75, 3.05) is 13.1 Å². The highest BCUT2D eigenvalue weighted by Gasteiger charge is 2.31. The number of aromatic nitrogens is 2. The molecule has 0 bridgehead atoms. The van der Waals surface area contributed by atoms with Crippen molar-refractivity contribution in [3.05, 3.63) is 70.5 Å². The molecule has 2 unspecified atom stereocenters. The van der Waals surface area contributed by atoms with Crippen molar-refractivity contribution in [2.24, 2.45) is 0 Å². The normalized spacial score (nSPS) is 19.8. The Kier molecular flexibility index (Phi) is 6.02. The van der Waals surface area contributed by atoms with Crippen LogP contribution in [0.2, 0.25) is 0 Å². The van der Waals surface area contributed by atoms with Crippen LogP contribution in [0.5, 0.6) is 0 Å². The summed E-state index contributed by atoms with van der Waals surface area (Å²) in [6.45, 7) is 4.65. The summed E-state index contributed by atoms with van der Waals surface area (Å²) in [5.74, 6) is 0.00585. The molecule has 2 heterocycles. The maximum atomic E-state index is 13.1. The number of carbonyl (C=O) groups is 1. The van der Waals surface area contributed by atoms with Gasteiger partial charge >= 0.3 is 0 Å². The minimum absolute atomic E-state index is 0.000514. The molecule has 166 valence electrons. The topological polar surface area (TPSA) is 67.2 Å². The molecular weight excluding hydrogens is 420 g/mol. The van der Waals surface area contributed by atoms with E-state index in [2.05, 4.69) is 34.5 Å². The van der Waals surface area contributed by atoms with Gasteiger partial charge in [0.1, 0.15) is 0 Å². The van der Waals surface area contributed by atoms with Gasteiger partial charge in [0.2, 0.25) is 5.91 Å². The third-order valence-corrected chi connectivity index (χ3v) is 7.27. The Balaban J connectivity index is 1.24. The standard InChI is InChI=1S/C25H28N4O2S/c1-17(23(30)26-19-13-14-28(16-19)15-18-7-3-2-4-8-18)32-25-27-22-10-6-5-9-21(22)24(31)29(25)20-11-12-20/h2-10,17,19-20H,11-16H2,1H3,(H,26,30). The molecule has 1 saturated heterocycles. The van der Waals surface area contributed by atoms with Gasteiger partial charge in [-0.15, -0.1) is 0 Å². The van der Waals surface area contributed by atoms with Crippen LogP contribution in [0, 0.1) is 0 Å². The van der Waals surface area contributed by atoms with E-state index in [0.717, 1.165) is 38.9 Å². The van der Waals surface area contributed by atoms with Gasteiger partial charge in [-0.05, 0) is 43.9 Å². The highest BCUT2D eigenvalue weighted by molar-refractivity contribution is 8.00. The van der Waals surface area contributed by atoms with Crippen molar-refractivity contribution < 1.29 is 4.79 Å². The van der Waals surface area contributed by atoms with Crippen molar-refractivity contribution in [1.82, 2.24) is 19.8 Å². The maximum Gasteiger partial charge on any atom is 0.262 e. The maximum absolute atomic E-state index is 13.1. The zero-order valence-electron chi connectivity index (χ0n) is 18.2. The van der Waals surface area contributed by atoms with Crippen LogP contribution in [0.15, 0.2) is 64.5 Å². The summed E-state index contributed by atoms with van der Waals surface area (Å²) in [7, 11) is 0. The number of para-hydroxylation sites is 1.